The average molecular weight is 399 g/mol. The molecule has 0 radical (unpaired) electrons. The third kappa shape index (κ3) is 4.13. The molecule has 3 rings (SSSR count). The summed E-state index contributed by atoms with van der Waals surface area (Å²) in [5, 5.41) is 5.18. The Morgan fingerprint density at radius 3 is 2.60 bits per heavy atom. The molecule has 0 unspecified atom stereocenters. The number of aromatic nitrogens is 2. The smallest absolute Gasteiger partial charge is 0.308 e. The molecule has 126 valence electrons. The van der Waals surface area contributed by atoms with Gasteiger partial charge in [-0.3, -0.25) is 14.7 Å². The van der Waals surface area contributed by atoms with Crippen LogP contribution in [-0.4, -0.2) is 15.6 Å². The minimum atomic E-state index is -0.524. The number of aryl methyl sites for hydroxylation is 1. The van der Waals surface area contributed by atoms with Gasteiger partial charge in [0, 0.05) is 28.2 Å². The number of anilines is 2. The van der Waals surface area contributed by atoms with Gasteiger partial charge in [-0.15, -0.1) is 0 Å². The number of benzene rings is 2. The minimum absolute atomic E-state index is 0.0458. The van der Waals surface area contributed by atoms with E-state index in [4.69, 9.17) is 0 Å². The van der Waals surface area contributed by atoms with Crippen LogP contribution < -0.4 is 16.2 Å². The molecule has 1 aromatic heterocycles. The van der Waals surface area contributed by atoms with Crippen LogP contribution in [-0.2, 0) is 0 Å². The van der Waals surface area contributed by atoms with Gasteiger partial charge >= 0.3 is 6.03 Å². The number of hydrogen-bond acceptors (Lipinski definition) is 3. The number of nitrogens with one attached hydrogen (secondary N) is 2. The van der Waals surface area contributed by atoms with Crippen molar-refractivity contribution in [3.05, 3.63) is 81.3 Å². The topological polar surface area (TPSA) is 76.0 Å². The maximum Gasteiger partial charge on any atom is 0.325 e. The Hall–Kier alpha value is -2.93. The molecule has 0 bridgehead atoms. The van der Waals surface area contributed by atoms with E-state index < -0.39 is 11.6 Å². The van der Waals surface area contributed by atoms with E-state index in [2.05, 4.69) is 31.5 Å². The Bertz CT molecular complexity index is 967. The molecule has 0 aliphatic rings. The lowest BCUT2D eigenvalue weighted by atomic mass is 10.2. The highest BCUT2D eigenvalue weighted by Gasteiger charge is 2.10. The molecule has 25 heavy (non-hydrogen) atoms. The number of halogens is 1. The van der Waals surface area contributed by atoms with E-state index in [1.165, 1.54) is 10.8 Å². The van der Waals surface area contributed by atoms with Gasteiger partial charge in [0.15, 0.2) is 0 Å². The molecule has 2 N–H and O–H groups in total. The summed E-state index contributed by atoms with van der Waals surface area (Å²) in [5.74, 6) is -0.0458. The Kier molecular flexibility index (Phi) is 4.95. The second-order valence-electron chi connectivity index (χ2n) is 5.38. The van der Waals surface area contributed by atoms with E-state index >= 15 is 0 Å². The first-order valence-electron chi connectivity index (χ1n) is 7.51. The number of hydrogen-bond donors (Lipinski definition) is 2. The number of carbonyl (C=O) groups is 1. The van der Waals surface area contributed by atoms with Crippen molar-refractivity contribution in [2.75, 3.05) is 10.6 Å². The first-order valence-corrected chi connectivity index (χ1v) is 8.30. The Morgan fingerprint density at radius 2 is 1.88 bits per heavy atom. The number of urea groups is 1. The highest BCUT2D eigenvalue weighted by molar-refractivity contribution is 9.10. The van der Waals surface area contributed by atoms with Crippen molar-refractivity contribution < 1.29 is 4.79 Å². The predicted octanol–water partition coefficient (Wildman–Crippen LogP) is 3.95. The van der Waals surface area contributed by atoms with Crippen LogP contribution in [0.25, 0.3) is 5.69 Å². The van der Waals surface area contributed by atoms with E-state index in [0.717, 1.165) is 10.0 Å². The maximum absolute atomic E-state index is 12.5. The number of carbonyl (C=O) groups excluding carboxylic acids is 1. The quantitative estimate of drug-likeness (QED) is 0.701. The Morgan fingerprint density at radius 1 is 1.12 bits per heavy atom. The molecule has 0 saturated heterocycles. The summed E-state index contributed by atoms with van der Waals surface area (Å²) in [7, 11) is 0. The summed E-state index contributed by atoms with van der Waals surface area (Å²) in [6.45, 7) is 1.93. The summed E-state index contributed by atoms with van der Waals surface area (Å²) < 4.78 is 2.33. The number of amides is 2. The van der Waals surface area contributed by atoms with Crippen LogP contribution in [0.15, 0.2) is 70.2 Å². The van der Waals surface area contributed by atoms with Gasteiger partial charge in [0.25, 0.3) is 5.56 Å². The lowest BCUT2D eigenvalue weighted by Gasteiger charge is -2.10. The fourth-order valence-corrected chi connectivity index (χ4v) is 2.56. The maximum atomic E-state index is 12.5. The third-order valence-corrected chi connectivity index (χ3v) is 3.98. The zero-order valence-electron chi connectivity index (χ0n) is 13.4. The van der Waals surface area contributed by atoms with Gasteiger partial charge in [-0.05, 0) is 48.9 Å². The zero-order valence-corrected chi connectivity index (χ0v) is 14.9. The van der Waals surface area contributed by atoms with E-state index in [1.54, 1.807) is 24.4 Å². The molecule has 7 heteroatoms. The first kappa shape index (κ1) is 16.9. The van der Waals surface area contributed by atoms with Crippen molar-refractivity contribution >= 4 is 33.5 Å². The molecule has 1 heterocycles. The van der Waals surface area contributed by atoms with Gasteiger partial charge in [-0.2, -0.15) is 0 Å². The van der Waals surface area contributed by atoms with E-state index in [1.807, 2.05) is 37.3 Å². The summed E-state index contributed by atoms with van der Waals surface area (Å²) >= 11 is 3.36. The van der Waals surface area contributed by atoms with Crippen molar-refractivity contribution in [3.8, 4) is 5.69 Å². The second-order valence-corrected chi connectivity index (χ2v) is 6.29. The number of nitrogens with zero attached hydrogens (tertiary/aromatic N) is 2. The predicted molar refractivity (Wildman–Crippen MR) is 101 cm³/mol. The Labute approximate surface area is 152 Å². The van der Waals surface area contributed by atoms with Gasteiger partial charge in [-0.1, -0.05) is 28.1 Å². The molecular weight excluding hydrogens is 384 g/mol. The molecule has 2 amide bonds. The standard InChI is InChI=1S/C18H15BrN4O2/c1-12-3-2-4-14(11-12)21-18(25)22-16-17(24)23(10-9-20-16)15-7-5-13(19)6-8-15/h2-11H,1H3,(H2,20,21,22,25). The summed E-state index contributed by atoms with van der Waals surface area (Å²) in [5.41, 5.74) is 1.93. The van der Waals surface area contributed by atoms with Crippen molar-refractivity contribution in [1.29, 1.82) is 0 Å². The van der Waals surface area contributed by atoms with Crippen LogP contribution in [0.1, 0.15) is 5.56 Å². The molecule has 0 saturated carbocycles. The molecule has 6 nitrogen and oxygen atoms in total. The van der Waals surface area contributed by atoms with Gasteiger partial charge < -0.3 is 5.32 Å². The molecule has 0 spiro atoms. The molecular formula is C18H15BrN4O2. The summed E-state index contributed by atoms with van der Waals surface area (Å²) in [6.07, 6.45) is 3.01. The Balaban J connectivity index is 1.81. The molecule has 3 aromatic rings. The van der Waals surface area contributed by atoms with E-state index in [0.29, 0.717) is 11.4 Å². The van der Waals surface area contributed by atoms with Crippen molar-refractivity contribution in [2.24, 2.45) is 0 Å². The average Bonchev–Trinajstić information content (AvgIpc) is 2.58. The largest absolute Gasteiger partial charge is 0.325 e. The summed E-state index contributed by atoms with van der Waals surface area (Å²) in [6, 6.07) is 14.1. The van der Waals surface area contributed by atoms with Gasteiger partial charge in [0.05, 0.1) is 0 Å². The minimum Gasteiger partial charge on any atom is -0.308 e. The molecule has 0 fully saturated rings. The number of rotatable bonds is 3. The fraction of sp³-hybridized carbons (Fsp3) is 0.0556. The van der Waals surface area contributed by atoms with Crippen LogP contribution in [0.4, 0.5) is 16.3 Å². The van der Waals surface area contributed by atoms with Crippen LogP contribution in [0, 0.1) is 6.92 Å². The highest BCUT2D eigenvalue weighted by atomic mass is 79.9. The van der Waals surface area contributed by atoms with Crippen LogP contribution >= 0.6 is 15.9 Å². The summed E-state index contributed by atoms with van der Waals surface area (Å²) in [4.78, 5) is 28.6. The van der Waals surface area contributed by atoms with E-state index in [-0.39, 0.29) is 5.82 Å². The van der Waals surface area contributed by atoms with Crippen molar-refractivity contribution in [3.63, 3.8) is 0 Å². The molecule has 2 aromatic carbocycles. The first-order chi connectivity index (χ1) is 12.0. The van der Waals surface area contributed by atoms with Gasteiger partial charge in [0.2, 0.25) is 5.82 Å². The van der Waals surface area contributed by atoms with Crippen LogP contribution in [0.5, 0.6) is 0 Å². The van der Waals surface area contributed by atoms with Crippen LogP contribution in [0.2, 0.25) is 0 Å². The SMILES string of the molecule is Cc1cccc(NC(=O)Nc2nccn(-c3ccc(Br)cc3)c2=O)c1. The van der Waals surface area contributed by atoms with Crippen molar-refractivity contribution in [1.82, 2.24) is 9.55 Å². The van der Waals surface area contributed by atoms with E-state index in [9.17, 15) is 9.59 Å². The normalized spacial score (nSPS) is 10.3. The lowest BCUT2D eigenvalue weighted by Crippen LogP contribution is -2.28. The highest BCUT2D eigenvalue weighted by Crippen LogP contribution is 2.13. The monoisotopic (exact) mass is 398 g/mol. The molecule has 0 atom stereocenters. The van der Waals surface area contributed by atoms with Gasteiger partial charge in [0.1, 0.15) is 0 Å². The van der Waals surface area contributed by atoms with Gasteiger partial charge in [-0.25, -0.2) is 9.78 Å². The lowest BCUT2D eigenvalue weighted by molar-refractivity contribution is 0.262. The fourth-order valence-electron chi connectivity index (χ4n) is 2.30. The molecule has 0 aliphatic carbocycles. The third-order valence-electron chi connectivity index (χ3n) is 3.45. The second kappa shape index (κ2) is 7.31. The van der Waals surface area contributed by atoms with Crippen molar-refractivity contribution in [2.45, 2.75) is 6.92 Å². The molecule has 0 aliphatic heterocycles. The zero-order chi connectivity index (χ0) is 17.8. The van der Waals surface area contributed by atoms with Crippen LogP contribution in [0.3, 0.4) is 0 Å².